The Bertz CT molecular complexity index is 1120. The third-order valence-electron chi connectivity index (χ3n) is 4.73. The summed E-state index contributed by atoms with van der Waals surface area (Å²) < 4.78 is 5.66. The first kappa shape index (κ1) is 24.6. The predicted molar refractivity (Wildman–Crippen MR) is 129 cm³/mol. The van der Waals surface area contributed by atoms with Crippen molar-refractivity contribution in [3.8, 4) is 5.75 Å². The van der Waals surface area contributed by atoms with Crippen LogP contribution in [-0.4, -0.2) is 24.4 Å². The van der Waals surface area contributed by atoms with Gasteiger partial charge in [-0.1, -0.05) is 53.6 Å². The van der Waals surface area contributed by atoms with Crippen molar-refractivity contribution in [1.29, 1.82) is 0 Å². The van der Waals surface area contributed by atoms with E-state index in [2.05, 4.69) is 21.5 Å². The number of ether oxygens (including phenoxy) is 1. The van der Waals surface area contributed by atoms with Crippen LogP contribution in [0.25, 0.3) is 0 Å². The Labute approximate surface area is 202 Å². The van der Waals surface area contributed by atoms with Crippen molar-refractivity contribution in [2.24, 2.45) is 0 Å². The highest BCUT2D eigenvalue weighted by molar-refractivity contribution is 6.30. The van der Waals surface area contributed by atoms with Gasteiger partial charge in [0.05, 0.1) is 0 Å². The number of benzene rings is 3. The summed E-state index contributed by atoms with van der Waals surface area (Å²) in [4.78, 5) is 36.0. The minimum absolute atomic E-state index is 0.291. The Hall–Kier alpha value is -4.04. The zero-order valence-electron chi connectivity index (χ0n) is 18.6. The highest BCUT2D eigenvalue weighted by Crippen LogP contribution is 2.17. The summed E-state index contributed by atoms with van der Waals surface area (Å²) >= 11 is 5.85. The second-order valence-electron chi connectivity index (χ2n) is 7.46. The summed E-state index contributed by atoms with van der Waals surface area (Å²) in [5, 5.41) is 5.72. The van der Waals surface area contributed by atoms with Crippen LogP contribution in [0.3, 0.4) is 0 Å². The number of carbonyl (C=O) groups excluding carboxylic acids is 3. The maximum atomic E-state index is 12.2. The van der Waals surface area contributed by atoms with Gasteiger partial charge in [-0.25, -0.2) is 4.79 Å². The van der Waals surface area contributed by atoms with Crippen LogP contribution in [-0.2, 0) is 17.9 Å². The van der Waals surface area contributed by atoms with Crippen molar-refractivity contribution < 1.29 is 19.1 Å². The smallest absolute Gasteiger partial charge is 0.315 e. The molecule has 176 valence electrons. The van der Waals surface area contributed by atoms with E-state index in [1.54, 1.807) is 48.5 Å². The third kappa shape index (κ3) is 8.14. The molecule has 0 saturated carbocycles. The summed E-state index contributed by atoms with van der Waals surface area (Å²) in [5.41, 5.74) is 7.89. The lowest BCUT2D eigenvalue weighted by Gasteiger charge is -2.10. The van der Waals surface area contributed by atoms with Crippen LogP contribution in [0, 0.1) is 6.92 Å². The monoisotopic (exact) mass is 480 g/mol. The average molecular weight is 481 g/mol. The molecule has 3 rings (SSSR count). The number of carbonyl (C=O) groups is 3. The lowest BCUT2D eigenvalue weighted by atomic mass is 10.1. The zero-order chi connectivity index (χ0) is 24.3. The van der Waals surface area contributed by atoms with Crippen LogP contribution < -0.4 is 26.2 Å². The Balaban J connectivity index is 1.34. The van der Waals surface area contributed by atoms with E-state index in [4.69, 9.17) is 16.3 Å². The number of urea groups is 1. The number of rotatable bonds is 8. The minimum atomic E-state index is -0.563. The van der Waals surface area contributed by atoms with Crippen LogP contribution in [0.15, 0.2) is 72.8 Å². The van der Waals surface area contributed by atoms with Crippen LogP contribution in [0.4, 0.5) is 4.79 Å². The molecule has 0 aliphatic rings. The van der Waals surface area contributed by atoms with Crippen molar-refractivity contribution in [3.63, 3.8) is 0 Å². The van der Waals surface area contributed by atoms with Gasteiger partial charge in [-0.3, -0.25) is 20.4 Å². The van der Waals surface area contributed by atoms with E-state index >= 15 is 0 Å². The normalized spacial score (nSPS) is 10.2. The van der Waals surface area contributed by atoms with E-state index in [1.807, 2.05) is 31.2 Å². The predicted octanol–water partition coefficient (Wildman–Crippen LogP) is 3.49. The molecule has 8 nitrogen and oxygen atoms in total. The number of nitrogens with one attached hydrogen (secondary N) is 4. The van der Waals surface area contributed by atoms with Gasteiger partial charge in [0.25, 0.3) is 11.8 Å². The van der Waals surface area contributed by atoms with Crippen molar-refractivity contribution in [2.45, 2.75) is 20.1 Å². The molecule has 0 heterocycles. The van der Waals surface area contributed by atoms with E-state index in [9.17, 15) is 14.4 Å². The molecule has 0 atom stereocenters. The van der Waals surface area contributed by atoms with Crippen molar-refractivity contribution >= 4 is 29.4 Å². The number of halogens is 1. The first-order valence-corrected chi connectivity index (χ1v) is 10.9. The number of aryl methyl sites for hydroxylation is 1. The highest BCUT2D eigenvalue weighted by Gasteiger charge is 2.09. The molecule has 0 spiro atoms. The van der Waals surface area contributed by atoms with Gasteiger partial charge < -0.3 is 15.4 Å². The lowest BCUT2D eigenvalue weighted by Crippen LogP contribution is -2.47. The molecule has 3 aromatic carbocycles. The lowest BCUT2D eigenvalue weighted by molar-refractivity contribution is -0.120. The first-order chi connectivity index (χ1) is 16.4. The van der Waals surface area contributed by atoms with E-state index < -0.39 is 17.8 Å². The summed E-state index contributed by atoms with van der Waals surface area (Å²) in [6.45, 7) is 2.36. The number of hydrazine groups is 1. The summed E-state index contributed by atoms with van der Waals surface area (Å²) in [6.07, 6.45) is 0. The fraction of sp³-hybridized carbons (Fsp3) is 0.160. The van der Waals surface area contributed by atoms with Crippen LogP contribution in [0.2, 0.25) is 5.02 Å². The van der Waals surface area contributed by atoms with E-state index in [-0.39, 0.29) is 6.54 Å². The molecule has 4 N–H and O–H groups in total. The molecule has 0 aromatic heterocycles. The van der Waals surface area contributed by atoms with Crippen LogP contribution >= 0.6 is 11.6 Å². The standard InChI is InChI=1S/C25H25ClN4O4/c1-17-2-4-18(5-3-17)14-27-25(33)28-15-23(31)29-30-24(32)20-8-6-19(7-9-20)16-34-22-12-10-21(26)11-13-22/h2-13H,14-16H2,1H3,(H,29,31)(H,30,32)(H2,27,28,33). The van der Waals surface area contributed by atoms with Gasteiger partial charge >= 0.3 is 6.03 Å². The number of hydrogen-bond acceptors (Lipinski definition) is 4. The van der Waals surface area contributed by atoms with Crippen LogP contribution in [0.1, 0.15) is 27.0 Å². The minimum Gasteiger partial charge on any atom is -0.489 e. The second kappa shape index (κ2) is 12.3. The molecule has 0 radical (unpaired) electrons. The van der Waals surface area contributed by atoms with Gasteiger partial charge in [-0.2, -0.15) is 0 Å². The molecule has 0 aliphatic heterocycles. The first-order valence-electron chi connectivity index (χ1n) is 10.5. The van der Waals surface area contributed by atoms with Gasteiger partial charge in [0.2, 0.25) is 0 Å². The van der Waals surface area contributed by atoms with Gasteiger partial charge in [0, 0.05) is 17.1 Å². The molecule has 0 unspecified atom stereocenters. The number of amides is 4. The van der Waals surface area contributed by atoms with E-state index in [0.717, 1.165) is 16.7 Å². The van der Waals surface area contributed by atoms with Crippen molar-refractivity contribution in [3.05, 3.63) is 100 Å². The van der Waals surface area contributed by atoms with Crippen molar-refractivity contribution in [2.75, 3.05) is 6.54 Å². The molecule has 4 amide bonds. The van der Waals surface area contributed by atoms with Crippen molar-refractivity contribution in [1.82, 2.24) is 21.5 Å². The van der Waals surface area contributed by atoms with E-state index in [0.29, 0.717) is 29.5 Å². The summed E-state index contributed by atoms with van der Waals surface area (Å²) in [7, 11) is 0. The van der Waals surface area contributed by atoms with Gasteiger partial charge in [0.1, 0.15) is 18.9 Å². The Kier molecular flexibility index (Phi) is 8.88. The molecule has 9 heteroatoms. The number of hydrogen-bond donors (Lipinski definition) is 4. The molecular weight excluding hydrogens is 456 g/mol. The van der Waals surface area contributed by atoms with Crippen LogP contribution in [0.5, 0.6) is 5.75 Å². The molecule has 0 fully saturated rings. The SMILES string of the molecule is Cc1ccc(CNC(=O)NCC(=O)NNC(=O)c2ccc(COc3ccc(Cl)cc3)cc2)cc1. The molecule has 34 heavy (non-hydrogen) atoms. The fourth-order valence-corrected chi connectivity index (χ4v) is 2.93. The van der Waals surface area contributed by atoms with E-state index in [1.165, 1.54) is 0 Å². The molecule has 3 aromatic rings. The quantitative estimate of drug-likeness (QED) is 0.370. The molecule has 0 saturated heterocycles. The fourth-order valence-electron chi connectivity index (χ4n) is 2.80. The molecule has 0 bridgehead atoms. The maximum absolute atomic E-state index is 12.2. The third-order valence-corrected chi connectivity index (χ3v) is 4.99. The Morgan fingerprint density at radius 2 is 1.44 bits per heavy atom. The topological polar surface area (TPSA) is 109 Å². The van der Waals surface area contributed by atoms with Gasteiger partial charge in [-0.05, 0) is 54.4 Å². The molecular formula is C25H25ClN4O4. The molecule has 0 aliphatic carbocycles. The Morgan fingerprint density at radius 3 is 2.12 bits per heavy atom. The highest BCUT2D eigenvalue weighted by atomic mass is 35.5. The summed E-state index contributed by atoms with van der Waals surface area (Å²) in [6, 6.07) is 21.0. The zero-order valence-corrected chi connectivity index (χ0v) is 19.3. The largest absolute Gasteiger partial charge is 0.489 e. The van der Waals surface area contributed by atoms with Gasteiger partial charge in [-0.15, -0.1) is 0 Å². The average Bonchev–Trinajstić information content (AvgIpc) is 2.85. The Morgan fingerprint density at radius 1 is 0.794 bits per heavy atom. The summed E-state index contributed by atoms with van der Waals surface area (Å²) in [5.74, 6) is -0.361. The van der Waals surface area contributed by atoms with Gasteiger partial charge in [0.15, 0.2) is 0 Å². The maximum Gasteiger partial charge on any atom is 0.315 e. The second-order valence-corrected chi connectivity index (χ2v) is 7.90.